The predicted molar refractivity (Wildman–Crippen MR) is 118 cm³/mol. The molecule has 9 nitrogen and oxygen atoms in total. The van der Waals surface area contributed by atoms with Crippen molar-refractivity contribution in [2.24, 2.45) is 0 Å². The molecular formula is C23H23F2N9. The fourth-order valence-corrected chi connectivity index (χ4v) is 4.33. The summed E-state index contributed by atoms with van der Waals surface area (Å²) < 4.78 is 30.4. The molecule has 0 saturated carbocycles. The smallest absolute Gasteiger partial charge is 0.261 e. The maximum absolute atomic E-state index is 13.6. The van der Waals surface area contributed by atoms with Crippen molar-refractivity contribution in [3.8, 4) is 11.9 Å². The standard InChI is InChI=1S/C23H23F2N9/c1-2-4-18-19(11-17-6-9-29-34(17)21-16(12-26)5-3-8-27-21)28-15-33-22(18)30-20(31-33)13-32-10-7-23(24,25)14-32/h3,5-6,8-9,15H,2,4,7,10-11,13-14H2,1H3. The third kappa shape index (κ3) is 4.24. The highest BCUT2D eigenvalue weighted by atomic mass is 19.3. The normalized spacial score (nSPS) is 15.7. The first-order valence-electron chi connectivity index (χ1n) is 11.2. The van der Waals surface area contributed by atoms with Gasteiger partial charge in [0.15, 0.2) is 17.3 Å². The van der Waals surface area contributed by atoms with Crippen molar-refractivity contribution < 1.29 is 8.78 Å². The molecule has 0 spiro atoms. The number of fused-ring (bicyclic) bond motifs is 1. The summed E-state index contributed by atoms with van der Waals surface area (Å²) in [7, 11) is 0. The van der Waals surface area contributed by atoms with Crippen LogP contribution in [0.1, 0.15) is 48.1 Å². The van der Waals surface area contributed by atoms with Crippen LogP contribution in [0.5, 0.6) is 0 Å². The van der Waals surface area contributed by atoms with Gasteiger partial charge in [-0.1, -0.05) is 13.3 Å². The van der Waals surface area contributed by atoms with Crippen LogP contribution in [0.15, 0.2) is 36.9 Å². The van der Waals surface area contributed by atoms with E-state index in [1.165, 1.54) is 0 Å². The van der Waals surface area contributed by atoms with Crippen molar-refractivity contribution >= 4 is 5.65 Å². The first-order valence-corrected chi connectivity index (χ1v) is 11.2. The van der Waals surface area contributed by atoms with Crippen molar-refractivity contribution in [1.82, 2.24) is 39.2 Å². The molecule has 34 heavy (non-hydrogen) atoms. The molecule has 0 aliphatic carbocycles. The highest BCUT2D eigenvalue weighted by molar-refractivity contribution is 5.50. The number of likely N-dealkylation sites (tertiary alicyclic amines) is 1. The predicted octanol–water partition coefficient (Wildman–Crippen LogP) is 2.96. The summed E-state index contributed by atoms with van der Waals surface area (Å²) in [5.74, 6) is -1.68. The van der Waals surface area contributed by atoms with Gasteiger partial charge in [0.1, 0.15) is 12.4 Å². The molecule has 1 aliphatic rings. The number of nitriles is 1. The van der Waals surface area contributed by atoms with Gasteiger partial charge in [-0.25, -0.2) is 32.9 Å². The van der Waals surface area contributed by atoms with Crippen molar-refractivity contribution in [1.29, 1.82) is 5.26 Å². The lowest BCUT2D eigenvalue weighted by atomic mass is 10.1. The van der Waals surface area contributed by atoms with Crippen LogP contribution < -0.4 is 0 Å². The quantitative estimate of drug-likeness (QED) is 0.415. The number of hydrogen-bond donors (Lipinski definition) is 0. The van der Waals surface area contributed by atoms with E-state index in [-0.39, 0.29) is 19.5 Å². The maximum atomic E-state index is 13.6. The highest BCUT2D eigenvalue weighted by Crippen LogP contribution is 2.28. The monoisotopic (exact) mass is 463 g/mol. The second-order valence-corrected chi connectivity index (χ2v) is 8.43. The van der Waals surface area contributed by atoms with E-state index in [1.807, 2.05) is 6.07 Å². The van der Waals surface area contributed by atoms with Crippen LogP contribution in [0, 0.1) is 11.3 Å². The molecule has 0 N–H and O–H groups in total. The van der Waals surface area contributed by atoms with E-state index >= 15 is 0 Å². The molecule has 0 bridgehead atoms. The van der Waals surface area contributed by atoms with Crippen LogP contribution >= 0.6 is 0 Å². The van der Waals surface area contributed by atoms with E-state index < -0.39 is 5.92 Å². The van der Waals surface area contributed by atoms with Crippen molar-refractivity contribution in [3.05, 3.63) is 65.3 Å². The van der Waals surface area contributed by atoms with Crippen LogP contribution in [0.3, 0.4) is 0 Å². The summed E-state index contributed by atoms with van der Waals surface area (Å²) in [4.78, 5) is 15.4. The van der Waals surface area contributed by atoms with Crippen LogP contribution in [0.2, 0.25) is 0 Å². The van der Waals surface area contributed by atoms with Gasteiger partial charge in [0.2, 0.25) is 0 Å². The third-order valence-corrected chi connectivity index (χ3v) is 5.91. The van der Waals surface area contributed by atoms with E-state index in [4.69, 9.17) is 0 Å². The Labute approximate surface area is 194 Å². The van der Waals surface area contributed by atoms with Crippen molar-refractivity contribution in [3.63, 3.8) is 0 Å². The zero-order valence-electron chi connectivity index (χ0n) is 18.7. The Morgan fingerprint density at radius 2 is 2.09 bits per heavy atom. The van der Waals surface area contributed by atoms with Gasteiger partial charge >= 0.3 is 0 Å². The minimum atomic E-state index is -2.65. The zero-order chi connectivity index (χ0) is 23.7. The summed E-state index contributed by atoms with van der Waals surface area (Å²) >= 11 is 0. The minimum Gasteiger partial charge on any atom is -0.290 e. The zero-order valence-corrected chi connectivity index (χ0v) is 18.7. The summed E-state index contributed by atoms with van der Waals surface area (Å²) in [6.45, 7) is 2.42. The van der Waals surface area contributed by atoms with Crippen LogP contribution in [-0.2, 0) is 19.4 Å². The summed E-state index contributed by atoms with van der Waals surface area (Å²) in [5.41, 5.74) is 3.75. The van der Waals surface area contributed by atoms with Crippen LogP contribution in [-0.4, -0.2) is 58.3 Å². The lowest BCUT2D eigenvalue weighted by Crippen LogP contribution is -2.25. The van der Waals surface area contributed by atoms with Gasteiger partial charge in [-0.2, -0.15) is 10.4 Å². The Balaban J connectivity index is 1.47. The van der Waals surface area contributed by atoms with Crippen molar-refractivity contribution in [2.75, 3.05) is 13.1 Å². The number of alkyl halides is 2. The van der Waals surface area contributed by atoms with E-state index in [2.05, 4.69) is 38.1 Å². The Morgan fingerprint density at radius 3 is 2.85 bits per heavy atom. The molecule has 5 heterocycles. The van der Waals surface area contributed by atoms with E-state index in [0.29, 0.717) is 35.8 Å². The number of rotatable bonds is 7. The molecule has 0 unspecified atom stereocenters. The molecule has 1 fully saturated rings. The number of aryl methyl sites for hydroxylation is 1. The molecule has 0 aromatic carbocycles. The molecule has 1 saturated heterocycles. The molecule has 0 radical (unpaired) electrons. The highest BCUT2D eigenvalue weighted by Gasteiger charge is 2.38. The lowest BCUT2D eigenvalue weighted by Gasteiger charge is -2.12. The molecule has 5 rings (SSSR count). The maximum Gasteiger partial charge on any atom is 0.261 e. The van der Waals surface area contributed by atoms with Gasteiger partial charge in [0, 0.05) is 37.3 Å². The summed E-state index contributed by atoms with van der Waals surface area (Å²) in [5, 5.41) is 18.3. The van der Waals surface area contributed by atoms with Gasteiger partial charge in [0.05, 0.1) is 30.0 Å². The molecule has 4 aromatic rings. The molecule has 0 amide bonds. The Kier molecular flexibility index (Phi) is 5.75. The van der Waals surface area contributed by atoms with Gasteiger partial charge < -0.3 is 0 Å². The first kappa shape index (κ1) is 22.0. The molecule has 1 aliphatic heterocycles. The lowest BCUT2D eigenvalue weighted by molar-refractivity contribution is 0.0113. The molecule has 0 atom stereocenters. The topological polar surface area (TPSA) is 101 Å². The largest absolute Gasteiger partial charge is 0.290 e. The average Bonchev–Trinajstić information content (AvgIpc) is 3.54. The van der Waals surface area contributed by atoms with E-state index in [0.717, 1.165) is 29.8 Å². The average molecular weight is 463 g/mol. The summed E-state index contributed by atoms with van der Waals surface area (Å²) in [6, 6.07) is 7.45. The fraction of sp³-hybridized carbons (Fsp3) is 0.391. The SMILES string of the molecule is CCCc1c(Cc2ccnn2-c2ncccc2C#N)ncn2nc(CN3CCC(F)(F)C3)nc12. The first-order chi connectivity index (χ1) is 16.5. The Bertz CT molecular complexity index is 1370. The molecule has 174 valence electrons. The second-order valence-electron chi connectivity index (χ2n) is 8.43. The number of hydrogen-bond acceptors (Lipinski definition) is 7. The van der Waals surface area contributed by atoms with Gasteiger partial charge in [0.25, 0.3) is 5.92 Å². The fourth-order valence-electron chi connectivity index (χ4n) is 4.33. The van der Waals surface area contributed by atoms with Crippen LogP contribution in [0.25, 0.3) is 11.5 Å². The van der Waals surface area contributed by atoms with Crippen molar-refractivity contribution in [2.45, 2.75) is 45.1 Å². The molecule has 11 heteroatoms. The van der Waals surface area contributed by atoms with Gasteiger partial charge in [-0.05, 0) is 24.6 Å². The Morgan fingerprint density at radius 1 is 1.21 bits per heavy atom. The minimum absolute atomic E-state index is 0.134. The third-order valence-electron chi connectivity index (χ3n) is 5.91. The van der Waals surface area contributed by atoms with E-state index in [9.17, 15) is 14.0 Å². The second kappa shape index (κ2) is 8.87. The van der Waals surface area contributed by atoms with Crippen LogP contribution in [0.4, 0.5) is 8.78 Å². The van der Waals surface area contributed by atoms with E-state index in [1.54, 1.807) is 45.0 Å². The Hall–Kier alpha value is -3.78. The number of aromatic nitrogens is 7. The molecule has 4 aromatic heterocycles. The van der Waals surface area contributed by atoms with Gasteiger partial charge in [-0.3, -0.25) is 4.90 Å². The van der Waals surface area contributed by atoms with Gasteiger partial charge in [-0.15, -0.1) is 5.10 Å². The molecular weight excluding hydrogens is 440 g/mol. The number of pyridine rings is 1. The number of halogens is 2. The number of nitrogens with zero attached hydrogens (tertiary/aromatic N) is 9. The summed E-state index contributed by atoms with van der Waals surface area (Å²) in [6.07, 6.45) is 6.87.